The highest BCUT2D eigenvalue weighted by Crippen LogP contribution is 2.22. The van der Waals surface area contributed by atoms with Gasteiger partial charge in [0, 0.05) is 30.8 Å². The predicted molar refractivity (Wildman–Crippen MR) is 148 cm³/mol. The van der Waals surface area contributed by atoms with Crippen molar-refractivity contribution >= 4 is 25.7 Å². The number of benzene rings is 3. The Bertz CT molecular complexity index is 1640. The lowest BCUT2D eigenvalue weighted by Gasteiger charge is -2.08. The van der Waals surface area contributed by atoms with E-state index in [1.807, 2.05) is 24.3 Å². The summed E-state index contributed by atoms with van der Waals surface area (Å²) in [5.74, 6) is 0.647. The third-order valence-electron chi connectivity index (χ3n) is 5.99. The molecule has 0 fully saturated rings. The van der Waals surface area contributed by atoms with Crippen molar-refractivity contribution in [1.29, 1.82) is 0 Å². The Morgan fingerprint density at radius 2 is 1.38 bits per heavy atom. The number of aryl methyl sites for hydroxylation is 1. The van der Waals surface area contributed by atoms with Gasteiger partial charge in [0.2, 0.25) is 0 Å². The van der Waals surface area contributed by atoms with Crippen LogP contribution in [0.25, 0.3) is 11.3 Å². The van der Waals surface area contributed by atoms with Gasteiger partial charge >= 0.3 is 6.03 Å². The molecule has 0 aliphatic carbocycles. The number of hydrogen-bond acceptors (Lipinski definition) is 7. The van der Waals surface area contributed by atoms with Crippen molar-refractivity contribution in [2.45, 2.75) is 29.2 Å². The van der Waals surface area contributed by atoms with E-state index in [2.05, 4.69) is 10.3 Å². The van der Waals surface area contributed by atoms with Crippen LogP contribution in [0.1, 0.15) is 17.5 Å². The third-order valence-corrected chi connectivity index (χ3v) is 8.25. The van der Waals surface area contributed by atoms with Crippen LogP contribution in [0.2, 0.25) is 0 Å². The number of imidazole rings is 1. The van der Waals surface area contributed by atoms with Gasteiger partial charge in [0.25, 0.3) is 0 Å². The molecular formula is C28H29N3O6S2. The zero-order valence-electron chi connectivity index (χ0n) is 21.6. The Hall–Kier alpha value is -3.96. The molecule has 0 aliphatic rings. The first-order chi connectivity index (χ1) is 18.5. The van der Waals surface area contributed by atoms with Crippen molar-refractivity contribution in [3.05, 3.63) is 96.4 Å². The van der Waals surface area contributed by atoms with Gasteiger partial charge in [0.15, 0.2) is 19.7 Å². The molecule has 4 rings (SSSR count). The van der Waals surface area contributed by atoms with Crippen LogP contribution < -0.4 is 10.1 Å². The molecule has 0 radical (unpaired) electrons. The number of carbonyl (C=O) groups is 1. The average Bonchev–Trinajstić information content (AvgIpc) is 3.40. The highest BCUT2D eigenvalue weighted by Gasteiger charge is 2.10. The first-order valence-electron chi connectivity index (χ1n) is 12.1. The molecule has 4 aromatic rings. The molecule has 0 saturated heterocycles. The first-order valence-corrected chi connectivity index (χ1v) is 15.9. The number of carbonyl (C=O) groups excluding carboxylic acids is 1. The lowest BCUT2D eigenvalue weighted by Crippen LogP contribution is -2.28. The number of ether oxygens (including phenoxy) is 1. The second-order valence-corrected chi connectivity index (χ2v) is 13.2. The number of rotatable bonds is 10. The van der Waals surface area contributed by atoms with Crippen LogP contribution in [0.15, 0.2) is 95.1 Å². The quantitative estimate of drug-likeness (QED) is 0.286. The molecule has 0 spiro atoms. The van der Waals surface area contributed by atoms with Crippen molar-refractivity contribution < 1.29 is 26.4 Å². The molecule has 0 unspecified atom stereocenters. The topological polar surface area (TPSA) is 124 Å². The van der Waals surface area contributed by atoms with E-state index in [4.69, 9.17) is 4.74 Å². The minimum atomic E-state index is -3.23. The molecule has 1 aromatic heterocycles. The van der Waals surface area contributed by atoms with Gasteiger partial charge < -0.3 is 10.1 Å². The van der Waals surface area contributed by atoms with Crippen molar-refractivity contribution in [2.24, 2.45) is 0 Å². The monoisotopic (exact) mass is 567 g/mol. The van der Waals surface area contributed by atoms with Crippen LogP contribution in [0.5, 0.6) is 5.75 Å². The van der Waals surface area contributed by atoms with Crippen LogP contribution in [-0.2, 0) is 32.7 Å². The van der Waals surface area contributed by atoms with E-state index >= 15 is 0 Å². The summed E-state index contributed by atoms with van der Waals surface area (Å²) >= 11 is 0. The predicted octanol–water partition coefficient (Wildman–Crippen LogP) is 4.13. The first kappa shape index (κ1) is 28.1. The molecule has 0 bridgehead atoms. The summed E-state index contributed by atoms with van der Waals surface area (Å²) in [6, 6.07) is 20.3. The summed E-state index contributed by atoms with van der Waals surface area (Å²) in [5.41, 5.74) is 3.31. The van der Waals surface area contributed by atoms with Gasteiger partial charge in [-0.05, 0) is 72.5 Å². The van der Waals surface area contributed by atoms with Crippen molar-refractivity contribution in [3.8, 4) is 17.0 Å². The maximum absolute atomic E-state index is 12.5. The van der Waals surface area contributed by atoms with Gasteiger partial charge in [-0.15, -0.1) is 0 Å². The highest BCUT2D eigenvalue weighted by molar-refractivity contribution is 7.91. The number of hydrogen-bond donors (Lipinski definition) is 1. The summed E-state index contributed by atoms with van der Waals surface area (Å²) in [5, 5.41) is 2.86. The number of nitrogens with one attached hydrogen (secondary N) is 1. The highest BCUT2D eigenvalue weighted by atomic mass is 32.2. The number of nitrogens with zero attached hydrogens (tertiary/aromatic N) is 2. The molecule has 0 atom stereocenters. The largest absolute Gasteiger partial charge is 0.489 e. The molecule has 3 aromatic carbocycles. The summed E-state index contributed by atoms with van der Waals surface area (Å²) < 4.78 is 53.4. The second-order valence-electron chi connectivity index (χ2n) is 9.15. The molecular weight excluding hydrogens is 538 g/mol. The SMILES string of the molecule is CS(=O)(=O)c1ccc(CCCNC(=O)n2cnc(-c3ccc(OCc4ccc(S(C)(=O)=O)cc4)cc3)c2)cc1. The van der Waals surface area contributed by atoms with Crippen LogP contribution in [0.4, 0.5) is 4.79 Å². The van der Waals surface area contributed by atoms with E-state index < -0.39 is 19.7 Å². The van der Waals surface area contributed by atoms with Gasteiger partial charge in [-0.2, -0.15) is 0 Å². The molecule has 204 valence electrons. The average molecular weight is 568 g/mol. The fourth-order valence-corrected chi connectivity index (χ4v) is 5.05. The Morgan fingerprint density at radius 3 is 1.95 bits per heavy atom. The Kier molecular flexibility index (Phi) is 8.51. The Morgan fingerprint density at radius 1 is 0.821 bits per heavy atom. The molecule has 9 nitrogen and oxygen atoms in total. The normalized spacial score (nSPS) is 11.7. The van der Waals surface area contributed by atoms with Crippen molar-refractivity contribution in [3.63, 3.8) is 0 Å². The summed E-state index contributed by atoms with van der Waals surface area (Å²) in [6.07, 6.45) is 6.87. The Labute approximate surface area is 228 Å². The third kappa shape index (κ3) is 7.78. The molecule has 11 heteroatoms. The van der Waals surface area contributed by atoms with E-state index in [1.165, 1.54) is 23.4 Å². The van der Waals surface area contributed by atoms with Gasteiger partial charge in [-0.25, -0.2) is 26.6 Å². The van der Waals surface area contributed by atoms with Gasteiger partial charge in [0.05, 0.1) is 15.5 Å². The minimum Gasteiger partial charge on any atom is -0.489 e. The molecule has 1 N–H and O–H groups in total. The van der Waals surface area contributed by atoms with Crippen LogP contribution in [0, 0.1) is 0 Å². The zero-order chi connectivity index (χ0) is 28.0. The maximum Gasteiger partial charge on any atom is 0.326 e. The minimum absolute atomic E-state index is 0.266. The lowest BCUT2D eigenvalue weighted by atomic mass is 10.1. The molecule has 39 heavy (non-hydrogen) atoms. The van der Waals surface area contributed by atoms with E-state index in [1.54, 1.807) is 54.7 Å². The van der Waals surface area contributed by atoms with Crippen molar-refractivity contribution in [2.75, 3.05) is 19.1 Å². The molecule has 0 aliphatic heterocycles. The lowest BCUT2D eigenvalue weighted by molar-refractivity contribution is 0.242. The maximum atomic E-state index is 12.5. The fraction of sp³-hybridized carbons (Fsp3) is 0.214. The molecule has 0 saturated carbocycles. The number of sulfone groups is 2. The van der Waals surface area contributed by atoms with Crippen LogP contribution >= 0.6 is 0 Å². The summed E-state index contributed by atoms with van der Waals surface area (Å²) in [7, 11) is -6.45. The van der Waals surface area contributed by atoms with E-state index in [0.717, 1.165) is 16.7 Å². The van der Waals surface area contributed by atoms with Crippen molar-refractivity contribution in [1.82, 2.24) is 14.9 Å². The van der Waals surface area contributed by atoms with Gasteiger partial charge in [0.1, 0.15) is 18.7 Å². The number of aromatic nitrogens is 2. The van der Waals surface area contributed by atoms with E-state index in [9.17, 15) is 21.6 Å². The van der Waals surface area contributed by atoms with Gasteiger partial charge in [-0.1, -0.05) is 24.3 Å². The van der Waals surface area contributed by atoms with Crippen LogP contribution in [-0.4, -0.2) is 51.5 Å². The standard InChI is InChI=1S/C28H29N3O6S2/c1-38(33,34)25-13-5-21(6-14-25)4-3-17-29-28(32)31-18-27(30-20-31)23-9-11-24(12-10-23)37-19-22-7-15-26(16-8-22)39(2,35)36/h5-16,18,20H,3-4,17,19H2,1-2H3,(H,29,32). The smallest absolute Gasteiger partial charge is 0.326 e. The van der Waals surface area contributed by atoms with E-state index in [0.29, 0.717) is 37.4 Å². The molecule has 1 amide bonds. The summed E-state index contributed by atoms with van der Waals surface area (Å²) in [4.78, 5) is 17.4. The summed E-state index contributed by atoms with van der Waals surface area (Å²) in [6.45, 7) is 0.757. The van der Waals surface area contributed by atoms with Crippen LogP contribution in [0.3, 0.4) is 0 Å². The Balaban J connectivity index is 1.24. The number of amides is 1. The second kappa shape index (κ2) is 11.8. The molecule has 1 heterocycles. The zero-order valence-corrected chi connectivity index (χ0v) is 23.2. The van der Waals surface area contributed by atoms with E-state index in [-0.39, 0.29) is 15.8 Å². The fourth-order valence-electron chi connectivity index (χ4n) is 3.79. The van der Waals surface area contributed by atoms with Gasteiger partial charge in [-0.3, -0.25) is 4.57 Å².